The molecule has 0 amide bonds. The van der Waals surface area contributed by atoms with Crippen LogP contribution in [-0.2, 0) is 6.42 Å². The summed E-state index contributed by atoms with van der Waals surface area (Å²) in [7, 11) is 2.08. The van der Waals surface area contributed by atoms with E-state index in [1.807, 2.05) is 35.7 Å². The molecule has 1 unspecified atom stereocenters. The van der Waals surface area contributed by atoms with Crippen LogP contribution in [0, 0.1) is 0 Å². The molecule has 0 saturated heterocycles. The van der Waals surface area contributed by atoms with Crippen molar-refractivity contribution in [3.63, 3.8) is 0 Å². The molecule has 0 aliphatic carbocycles. The Hall–Kier alpha value is -1.39. The minimum atomic E-state index is -0.495. The molecule has 1 heterocycles. The molecule has 0 saturated carbocycles. The summed E-state index contributed by atoms with van der Waals surface area (Å²) >= 11 is 1.64. The van der Waals surface area contributed by atoms with Gasteiger partial charge in [-0.1, -0.05) is 37.3 Å². The van der Waals surface area contributed by atoms with Crippen LogP contribution >= 0.6 is 11.3 Å². The van der Waals surface area contributed by atoms with Crippen molar-refractivity contribution in [3.05, 3.63) is 47.0 Å². The van der Waals surface area contributed by atoms with Gasteiger partial charge in [-0.15, -0.1) is 11.3 Å². The van der Waals surface area contributed by atoms with Crippen LogP contribution in [-0.4, -0.2) is 22.7 Å². The number of hydrogen-bond acceptors (Lipinski definition) is 4. The summed E-state index contributed by atoms with van der Waals surface area (Å²) in [4.78, 5) is 6.89. The summed E-state index contributed by atoms with van der Waals surface area (Å²) < 4.78 is 0. The van der Waals surface area contributed by atoms with E-state index in [0.717, 1.165) is 22.8 Å². The highest BCUT2D eigenvalue weighted by Gasteiger charge is 2.24. The summed E-state index contributed by atoms with van der Waals surface area (Å²) in [6.45, 7) is 6.62. The Labute approximate surface area is 131 Å². The van der Waals surface area contributed by atoms with Gasteiger partial charge in [0.25, 0.3) is 0 Å². The third kappa shape index (κ3) is 3.83. The Morgan fingerprint density at radius 3 is 2.57 bits per heavy atom. The smallest absolute Gasteiger partial charge is 0.185 e. The predicted octanol–water partition coefficient (Wildman–Crippen LogP) is 4.04. The topological polar surface area (TPSA) is 36.4 Å². The number of rotatable bonds is 6. The first-order valence-corrected chi connectivity index (χ1v) is 8.23. The SMILES string of the molecule is CCC(C)(C)N(C)c1nc(CC(O)c2ccccc2)cs1. The van der Waals surface area contributed by atoms with E-state index in [1.54, 1.807) is 11.3 Å². The summed E-state index contributed by atoms with van der Waals surface area (Å²) in [5.74, 6) is 0. The second-order valence-corrected chi connectivity index (χ2v) is 6.81. The maximum atomic E-state index is 10.3. The van der Waals surface area contributed by atoms with Crippen molar-refractivity contribution in [2.24, 2.45) is 0 Å². The first-order chi connectivity index (χ1) is 9.94. The first kappa shape index (κ1) is 16.0. The second kappa shape index (κ2) is 6.58. The molecule has 2 aromatic rings. The Balaban J connectivity index is 2.07. The van der Waals surface area contributed by atoms with E-state index < -0.39 is 6.10 Å². The summed E-state index contributed by atoms with van der Waals surface area (Å²) in [5.41, 5.74) is 1.98. The zero-order valence-corrected chi connectivity index (χ0v) is 14.0. The highest BCUT2D eigenvalue weighted by molar-refractivity contribution is 7.13. The molecular weight excluding hydrogens is 280 g/mol. The molecule has 0 aliphatic rings. The maximum absolute atomic E-state index is 10.3. The second-order valence-electron chi connectivity index (χ2n) is 5.98. The molecule has 114 valence electrons. The van der Waals surface area contributed by atoms with Crippen LogP contribution in [0.5, 0.6) is 0 Å². The Bertz CT molecular complexity index is 565. The highest BCUT2D eigenvalue weighted by Crippen LogP contribution is 2.29. The average molecular weight is 304 g/mol. The highest BCUT2D eigenvalue weighted by atomic mass is 32.1. The van der Waals surface area contributed by atoms with Gasteiger partial charge in [0, 0.05) is 24.4 Å². The molecular formula is C17H24N2OS. The largest absolute Gasteiger partial charge is 0.388 e. The molecule has 1 aromatic carbocycles. The quantitative estimate of drug-likeness (QED) is 0.875. The number of nitrogens with zero attached hydrogens (tertiary/aromatic N) is 2. The summed E-state index contributed by atoms with van der Waals surface area (Å²) in [6.07, 6.45) is 1.12. The van der Waals surface area contributed by atoms with Gasteiger partial charge in [-0.05, 0) is 25.8 Å². The van der Waals surface area contributed by atoms with Gasteiger partial charge < -0.3 is 10.0 Å². The van der Waals surface area contributed by atoms with Crippen LogP contribution < -0.4 is 4.90 Å². The molecule has 0 bridgehead atoms. The van der Waals surface area contributed by atoms with Crippen LogP contribution in [0.25, 0.3) is 0 Å². The number of aliphatic hydroxyl groups excluding tert-OH is 1. The van der Waals surface area contributed by atoms with Gasteiger partial charge in [0.05, 0.1) is 11.8 Å². The molecule has 0 fully saturated rings. The fourth-order valence-electron chi connectivity index (χ4n) is 2.03. The van der Waals surface area contributed by atoms with Crippen LogP contribution in [0.4, 0.5) is 5.13 Å². The summed E-state index contributed by atoms with van der Waals surface area (Å²) in [5, 5.41) is 13.3. The number of hydrogen-bond donors (Lipinski definition) is 1. The van der Waals surface area contributed by atoms with E-state index in [2.05, 4.69) is 37.7 Å². The van der Waals surface area contributed by atoms with Gasteiger partial charge in [-0.3, -0.25) is 0 Å². The Morgan fingerprint density at radius 1 is 1.29 bits per heavy atom. The van der Waals surface area contributed by atoms with Gasteiger partial charge >= 0.3 is 0 Å². The minimum absolute atomic E-state index is 0.0904. The lowest BCUT2D eigenvalue weighted by Gasteiger charge is -2.34. The lowest BCUT2D eigenvalue weighted by molar-refractivity contribution is 0.177. The van der Waals surface area contributed by atoms with Gasteiger partial charge in [-0.25, -0.2) is 4.98 Å². The zero-order chi connectivity index (χ0) is 15.5. The Kier molecular flexibility index (Phi) is 5.01. The molecule has 3 nitrogen and oxygen atoms in total. The predicted molar refractivity (Wildman–Crippen MR) is 90.0 cm³/mol. The van der Waals surface area contributed by atoms with E-state index in [-0.39, 0.29) is 5.54 Å². The van der Waals surface area contributed by atoms with Crippen molar-refractivity contribution < 1.29 is 5.11 Å². The van der Waals surface area contributed by atoms with E-state index >= 15 is 0 Å². The van der Waals surface area contributed by atoms with Crippen LogP contribution in [0.15, 0.2) is 35.7 Å². The van der Waals surface area contributed by atoms with E-state index in [1.165, 1.54) is 0 Å². The van der Waals surface area contributed by atoms with Crippen molar-refractivity contribution in [2.45, 2.75) is 45.3 Å². The fraction of sp³-hybridized carbons (Fsp3) is 0.471. The normalized spacial score (nSPS) is 13.2. The first-order valence-electron chi connectivity index (χ1n) is 7.35. The Morgan fingerprint density at radius 2 is 1.95 bits per heavy atom. The summed E-state index contributed by atoms with van der Waals surface area (Å²) in [6, 6.07) is 9.75. The zero-order valence-electron chi connectivity index (χ0n) is 13.2. The molecule has 2 rings (SSSR count). The third-order valence-corrected chi connectivity index (χ3v) is 5.15. The van der Waals surface area contributed by atoms with Crippen LogP contribution in [0.2, 0.25) is 0 Å². The van der Waals surface area contributed by atoms with Crippen LogP contribution in [0.1, 0.15) is 44.6 Å². The molecule has 0 radical (unpaired) electrons. The standard InChI is InChI=1S/C17H24N2OS/c1-5-17(2,3)19(4)16-18-14(12-21-16)11-15(20)13-9-7-6-8-10-13/h6-10,12,15,20H,5,11H2,1-4H3. The number of aromatic nitrogens is 1. The number of benzene rings is 1. The van der Waals surface area contributed by atoms with Gasteiger partial charge in [-0.2, -0.15) is 0 Å². The molecule has 1 N–H and O–H groups in total. The minimum Gasteiger partial charge on any atom is -0.388 e. The number of anilines is 1. The third-order valence-electron chi connectivity index (χ3n) is 4.19. The van der Waals surface area contributed by atoms with Gasteiger partial charge in [0.15, 0.2) is 5.13 Å². The van der Waals surface area contributed by atoms with Crippen molar-refractivity contribution in [2.75, 3.05) is 11.9 Å². The number of aliphatic hydroxyl groups is 1. The van der Waals surface area contributed by atoms with E-state index in [0.29, 0.717) is 6.42 Å². The van der Waals surface area contributed by atoms with Crippen molar-refractivity contribution in [1.82, 2.24) is 4.98 Å². The average Bonchev–Trinajstić information content (AvgIpc) is 2.95. The lowest BCUT2D eigenvalue weighted by atomic mass is 10.0. The van der Waals surface area contributed by atoms with Gasteiger partial charge in [0.2, 0.25) is 0 Å². The molecule has 21 heavy (non-hydrogen) atoms. The fourth-order valence-corrected chi connectivity index (χ4v) is 3.00. The molecule has 1 atom stereocenters. The van der Waals surface area contributed by atoms with Crippen molar-refractivity contribution >= 4 is 16.5 Å². The molecule has 0 aliphatic heterocycles. The molecule has 0 spiro atoms. The van der Waals surface area contributed by atoms with E-state index in [4.69, 9.17) is 0 Å². The van der Waals surface area contributed by atoms with E-state index in [9.17, 15) is 5.11 Å². The van der Waals surface area contributed by atoms with Gasteiger partial charge in [0.1, 0.15) is 0 Å². The van der Waals surface area contributed by atoms with Crippen molar-refractivity contribution in [3.8, 4) is 0 Å². The maximum Gasteiger partial charge on any atom is 0.185 e. The monoisotopic (exact) mass is 304 g/mol. The van der Waals surface area contributed by atoms with Crippen LogP contribution in [0.3, 0.4) is 0 Å². The number of thiazole rings is 1. The lowest BCUT2D eigenvalue weighted by Crippen LogP contribution is -2.40. The van der Waals surface area contributed by atoms with Crippen molar-refractivity contribution in [1.29, 1.82) is 0 Å². The molecule has 4 heteroatoms. The molecule has 1 aromatic heterocycles.